The van der Waals surface area contributed by atoms with Crippen LogP contribution >= 0.6 is 11.6 Å². The SMILES string of the molecule is CCCOc1ccc(/C(C)=N\N/C(=C\C(=O)c2ccc(Cl)cc2)C(=O)OC)cc1. The molecule has 0 aromatic heterocycles. The minimum atomic E-state index is -0.702. The molecule has 0 aliphatic carbocycles. The van der Waals surface area contributed by atoms with Crippen molar-refractivity contribution in [3.63, 3.8) is 0 Å². The minimum absolute atomic E-state index is 0.0744. The summed E-state index contributed by atoms with van der Waals surface area (Å²) < 4.78 is 10.3. The lowest BCUT2D eigenvalue weighted by Gasteiger charge is -2.08. The fourth-order valence-corrected chi connectivity index (χ4v) is 2.42. The first-order chi connectivity index (χ1) is 13.9. The first kappa shape index (κ1) is 22.2. The van der Waals surface area contributed by atoms with Gasteiger partial charge in [0.2, 0.25) is 0 Å². The van der Waals surface area contributed by atoms with Crippen molar-refractivity contribution in [2.75, 3.05) is 13.7 Å². The molecule has 0 atom stereocenters. The second-order valence-corrected chi connectivity index (χ2v) is 6.54. The topological polar surface area (TPSA) is 77.0 Å². The van der Waals surface area contributed by atoms with Gasteiger partial charge in [0.05, 0.1) is 19.4 Å². The highest BCUT2D eigenvalue weighted by atomic mass is 35.5. The van der Waals surface area contributed by atoms with Gasteiger partial charge in [-0.25, -0.2) is 4.79 Å². The summed E-state index contributed by atoms with van der Waals surface area (Å²) in [6, 6.07) is 13.8. The Bertz CT molecular complexity index is 903. The van der Waals surface area contributed by atoms with Crippen LogP contribution in [0.25, 0.3) is 0 Å². The van der Waals surface area contributed by atoms with E-state index in [0.29, 0.717) is 22.9 Å². The van der Waals surface area contributed by atoms with Gasteiger partial charge in [-0.2, -0.15) is 5.10 Å². The number of halogens is 1. The number of methoxy groups -OCH3 is 1. The van der Waals surface area contributed by atoms with E-state index in [4.69, 9.17) is 21.1 Å². The quantitative estimate of drug-likeness (QED) is 0.216. The van der Waals surface area contributed by atoms with Crippen LogP contribution in [-0.4, -0.2) is 31.2 Å². The molecule has 0 aliphatic rings. The third-order valence-corrected chi connectivity index (χ3v) is 4.15. The predicted molar refractivity (Wildman–Crippen MR) is 113 cm³/mol. The zero-order valence-corrected chi connectivity index (χ0v) is 17.3. The second-order valence-electron chi connectivity index (χ2n) is 6.10. The van der Waals surface area contributed by atoms with Crippen molar-refractivity contribution in [3.8, 4) is 5.75 Å². The number of rotatable bonds is 9. The van der Waals surface area contributed by atoms with Gasteiger partial charge in [0.15, 0.2) is 5.78 Å². The molecule has 0 amide bonds. The Morgan fingerprint density at radius 1 is 1.07 bits per heavy atom. The van der Waals surface area contributed by atoms with E-state index in [9.17, 15) is 9.59 Å². The summed E-state index contributed by atoms with van der Waals surface area (Å²) in [7, 11) is 1.23. The van der Waals surface area contributed by atoms with E-state index in [1.165, 1.54) is 7.11 Å². The maximum atomic E-state index is 12.4. The number of hydrogen-bond donors (Lipinski definition) is 1. The molecule has 152 valence electrons. The lowest BCUT2D eigenvalue weighted by atomic mass is 10.1. The zero-order valence-electron chi connectivity index (χ0n) is 16.6. The molecule has 1 N–H and O–H groups in total. The molecule has 29 heavy (non-hydrogen) atoms. The van der Waals surface area contributed by atoms with Crippen molar-refractivity contribution in [1.82, 2.24) is 5.43 Å². The van der Waals surface area contributed by atoms with Crippen LogP contribution in [0.1, 0.15) is 36.2 Å². The Morgan fingerprint density at radius 2 is 1.69 bits per heavy atom. The van der Waals surface area contributed by atoms with Gasteiger partial charge in [0.1, 0.15) is 11.4 Å². The Labute approximate surface area is 175 Å². The largest absolute Gasteiger partial charge is 0.494 e. The van der Waals surface area contributed by atoms with Gasteiger partial charge >= 0.3 is 5.97 Å². The first-order valence-corrected chi connectivity index (χ1v) is 9.45. The molecule has 0 unspecified atom stereocenters. The number of nitrogens with one attached hydrogen (secondary N) is 1. The number of ketones is 1. The molecular formula is C22H23ClN2O4. The zero-order chi connectivity index (χ0) is 21.2. The highest BCUT2D eigenvalue weighted by Gasteiger charge is 2.13. The summed E-state index contributed by atoms with van der Waals surface area (Å²) in [6.45, 7) is 4.48. The number of hydrazone groups is 1. The number of benzene rings is 2. The first-order valence-electron chi connectivity index (χ1n) is 9.08. The Hall–Kier alpha value is -3.12. The molecule has 0 spiro atoms. The van der Waals surface area contributed by atoms with E-state index >= 15 is 0 Å². The lowest BCUT2D eigenvalue weighted by molar-refractivity contribution is -0.136. The van der Waals surface area contributed by atoms with Gasteiger partial charge in [0.25, 0.3) is 0 Å². The van der Waals surface area contributed by atoms with Crippen LogP contribution in [0.4, 0.5) is 0 Å². The van der Waals surface area contributed by atoms with E-state index in [-0.39, 0.29) is 11.5 Å². The standard InChI is InChI=1S/C22H23ClN2O4/c1-4-13-29-19-11-7-16(8-12-19)15(2)24-25-20(22(27)28-3)14-21(26)17-5-9-18(23)10-6-17/h5-12,14,25H,4,13H2,1-3H3/b20-14-,24-15-. The minimum Gasteiger partial charge on any atom is -0.494 e. The van der Waals surface area contributed by atoms with Gasteiger partial charge in [-0.05, 0) is 67.4 Å². The van der Waals surface area contributed by atoms with E-state index in [2.05, 4.69) is 10.5 Å². The summed E-state index contributed by atoms with van der Waals surface area (Å²) in [6.07, 6.45) is 2.08. The molecule has 0 aliphatic heterocycles. The molecule has 0 saturated carbocycles. The summed E-state index contributed by atoms with van der Waals surface area (Å²) in [4.78, 5) is 24.4. The van der Waals surface area contributed by atoms with Crippen LogP contribution in [0.5, 0.6) is 5.75 Å². The molecule has 2 rings (SSSR count). The third kappa shape index (κ3) is 6.76. The van der Waals surface area contributed by atoms with Crippen molar-refractivity contribution >= 4 is 29.1 Å². The van der Waals surface area contributed by atoms with Crippen molar-refractivity contribution in [2.24, 2.45) is 5.10 Å². The molecule has 0 saturated heterocycles. The summed E-state index contributed by atoms with van der Waals surface area (Å²) in [5.41, 5.74) is 4.41. The van der Waals surface area contributed by atoms with E-state index in [0.717, 1.165) is 23.8 Å². The second kappa shape index (κ2) is 11.0. The van der Waals surface area contributed by atoms with Gasteiger partial charge in [0, 0.05) is 16.7 Å². The maximum Gasteiger partial charge on any atom is 0.356 e. The molecule has 7 heteroatoms. The number of ether oxygens (including phenoxy) is 2. The number of carbonyl (C=O) groups is 2. The molecule has 0 bridgehead atoms. The Kier molecular flexibility index (Phi) is 8.43. The van der Waals surface area contributed by atoms with Crippen molar-refractivity contribution in [1.29, 1.82) is 0 Å². The molecule has 0 fully saturated rings. The van der Waals surface area contributed by atoms with Crippen molar-refractivity contribution < 1.29 is 19.1 Å². The maximum absolute atomic E-state index is 12.4. The average Bonchev–Trinajstić information content (AvgIpc) is 2.75. The summed E-state index contributed by atoms with van der Waals surface area (Å²) >= 11 is 5.83. The number of nitrogens with zero attached hydrogens (tertiary/aromatic N) is 1. The highest BCUT2D eigenvalue weighted by Crippen LogP contribution is 2.14. The van der Waals surface area contributed by atoms with Crippen LogP contribution in [-0.2, 0) is 9.53 Å². The fraction of sp³-hybridized carbons (Fsp3) is 0.227. The van der Waals surface area contributed by atoms with Gasteiger partial charge in [-0.1, -0.05) is 18.5 Å². The summed E-state index contributed by atoms with van der Waals surface area (Å²) in [5.74, 6) is -0.299. The lowest BCUT2D eigenvalue weighted by Crippen LogP contribution is -2.20. The van der Waals surface area contributed by atoms with E-state index in [1.54, 1.807) is 31.2 Å². The molecular weight excluding hydrogens is 392 g/mol. The van der Waals surface area contributed by atoms with Crippen LogP contribution in [0.2, 0.25) is 5.02 Å². The molecule has 6 nitrogen and oxygen atoms in total. The van der Waals surface area contributed by atoms with Crippen LogP contribution in [0, 0.1) is 0 Å². The summed E-state index contributed by atoms with van der Waals surface area (Å²) in [5, 5.41) is 4.72. The Morgan fingerprint density at radius 3 is 2.28 bits per heavy atom. The van der Waals surface area contributed by atoms with Crippen LogP contribution in [0.15, 0.2) is 65.4 Å². The van der Waals surface area contributed by atoms with Gasteiger partial charge < -0.3 is 9.47 Å². The van der Waals surface area contributed by atoms with Crippen LogP contribution < -0.4 is 10.2 Å². The van der Waals surface area contributed by atoms with Gasteiger partial charge in [-0.3, -0.25) is 10.2 Å². The number of allylic oxidation sites excluding steroid dienone is 1. The number of hydrogen-bond acceptors (Lipinski definition) is 6. The molecule has 0 radical (unpaired) electrons. The third-order valence-electron chi connectivity index (χ3n) is 3.90. The number of carbonyl (C=O) groups excluding carboxylic acids is 2. The molecule has 2 aromatic rings. The normalized spacial score (nSPS) is 11.7. The molecule has 0 heterocycles. The average molecular weight is 415 g/mol. The molecule has 2 aromatic carbocycles. The van der Waals surface area contributed by atoms with Crippen molar-refractivity contribution in [3.05, 3.63) is 76.5 Å². The smallest absolute Gasteiger partial charge is 0.356 e. The van der Waals surface area contributed by atoms with E-state index < -0.39 is 5.97 Å². The monoisotopic (exact) mass is 414 g/mol. The van der Waals surface area contributed by atoms with E-state index in [1.807, 2.05) is 31.2 Å². The fourth-order valence-electron chi connectivity index (χ4n) is 2.30. The van der Waals surface area contributed by atoms with Crippen LogP contribution in [0.3, 0.4) is 0 Å². The predicted octanol–water partition coefficient (Wildman–Crippen LogP) is 4.38. The Balaban J connectivity index is 2.15. The highest BCUT2D eigenvalue weighted by molar-refractivity contribution is 6.30. The van der Waals surface area contributed by atoms with Gasteiger partial charge in [-0.15, -0.1) is 0 Å². The van der Waals surface area contributed by atoms with Crippen molar-refractivity contribution in [2.45, 2.75) is 20.3 Å². The number of esters is 1.